The number of benzene rings is 1. The molecule has 0 amide bonds. The summed E-state index contributed by atoms with van der Waals surface area (Å²) in [6, 6.07) is 4.90. The van der Waals surface area contributed by atoms with Crippen molar-refractivity contribution in [3.63, 3.8) is 0 Å². The Hall–Kier alpha value is 0.0500. The minimum absolute atomic E-state index is 0.222. The highest BCUT2D eigenvalue weighted by atomic mass is 35.5. The molecule has 0 spiro atoms. The van der Waals surface area contributed by atoms with E-state index in [1.54, 1.807) is 18.2 Å². The molecule has 0 bridgehead atoms. The van der Waals surface area contributed by atoms with E-state index in [2.05, 4.69) is 11.6 Å². The second-order valence-corrected chi connectivity index (χ2v) is 3.16. The molecule has 0 N–H and O–H groups in total. The molecular weight excluding hydrogens is 242 g/mol. The molecule has 1 aromatic rings. The lowest BCUT2D eigenvalue weighted by Crippen LogP contribution is -1.65. The molecule has 12 heavy (non-hydrogen) atoms. The topological polar surface area (TPSA) is 17.1 Å². The highest BCUT2D eigenvalue weighted by Gasteiger charge is 1.92. The Morgan fingerprint density at radius 3 is 1.25 bits per heavy atom. The van der Waals surface area contributed by atoms with Crippen molar-refractivity contribution in [2.45, 2.75) is 0 Å². The molecule has 0 aromatic heterocycles. The van der Waals surface area contributed by atoms with Crippen LogP contribution < -0.4 is 0 Å². The van der Waals surface area contributed by atoms with Crippen molar-refractivity contribution in [3.8, 4) is 0 Å². The van der Waals surface area contributed by atoms with Gasteiger partial charge >= 0.3 is 0 Å². The summed E-state index contributed by atoms with van der Waals surface area (Å²) in [5.41, 5.74) is 0. The summed E-state index contributed by atoms with van der Waals surface area (Å²) >= 11 is 21.1. The summed E-state index contributed by atoms with van der Waals surface area (Å²) in [6.45, 7) is 0. The van der Waals surface area contributed by atoms with Gasteiger partial charge in [0.15, 0.2) is 0 Å². The monoisotopic (exact) mass is 244 g/mol. The van der Waals surface area contributed by atoms with E-state index in [1.807, 2.05) is 0 Å². The normalized spacial score (nSPS) is 8.33. The number of halogens is 4. The average Bonchev–Trinajstić information content (AvgIpc) is 1.84. The van der Waals surface area contributed by atoms with Crippen molar-refractivity contribution in [2.75, 3.05) is 0 Å². The summed E-state index contributed by atoms with van der Waals surface area (Å²) < 4.78 is 0. The maximum Gasteiger partial charge on any atom is 0.208 e. The van der Waals surface area contributed by atoms with Gasteiger partial charge in [0.05, 0.1) is 0 Å². The van der Waals surface area contributed by atoms with Gasteiger partial charge in [-0.1, -0.05) is 34.8 Å². The second-order valence-electron chi connectivity index (χ2n) is 1.68. The molecule has 0 atom stereocenters. The van der Waals surface area contributed by atoms with Crippen LogP contribution in [0.4, 0.5) is 0 Å². The largest absolute Gasteiger partial charge is 0.285 e. The Morgan fingerprint density at radius 1 is 0.917 bits per heavy atom. The predicted molar refractivity (Wildman–Crippen MR) is 54.1 cm³/mol. The lowest BCUT2D eigenvalue weighted by atomic mass is 10.4. The summed E-state index contributed by atoms with van der Waals surface area (Å²) in [6.07, 6.45) is 0. The fourth-order valence-corrected chi connectivity index (χ4v) is 1.39. The lowest BCUT2D eigenvalue weighted by molar-refractivity contribution is 0.569. The van der Waals surface area contributed by atoms with E-state index < -0.39 is 0 Å². The SMILES string of the molecule is Clc1cc(Cl)cc(Cl)c1.O=CCl. The van der Waals surface area contributed by atoms with E-state index in [9.17, 15) is 0 Å². The smallest absolute Gasteiger partial charge is 0.208 e. The molecule has 0 aliphatic rings. The van der Waals surface area contributed by atoms with Crippen LogP contribution in [0.3, 0.4) is 0 Å². The van der Waals surface area contributed by atoms with Crippen molar-refractivity contribution >= 4 is 52.1 Å². The van der Waals surface area contributed by atoms with Gasteiger partial charge in [-0.25, -0.2) is 0 Å². The van der Waals surface area contributed by atoms with Crippen molar-refractivity contribution < 1.29 is 4.79 Å². The predicted octanol–water partition coefficient (Wildman–Crippen LogP) is 4.06. The van der Waals surface area contributed by atoms with Crippen LogP contribution in [0.25, 0.3) is 0 Å². The number of hydrogen-bond acceptors (Lipinski definition) is 1. The third-order valence-electron chi connectivity index (χ3n) is 0.827. The van der Waals surface area contributed by atoms with Gasteiger partial charge in [-0.15, -0.1) is 0 Å². The molecule has 0 saturated heterocycles. The van der Waals surface area contributed by atoms with Crippen molar-refractivity contribution in [2.24, 2.45) is 0 Å². The van der Waals surface area contributed by atoms with Crippen molar-refractivity contribution in [1.29, 1.82) is 0 Å². The summed E-state index contributed by atoms with van der Waals surface area (Å²) in [5, 5.41) is 1.69. The molecule has 0 heterocycles. The Bertz CT molecular complexity index is 211. The van der Waals surface area contributed by atoms with E-state index in [0.717, 1.165) is 0 Å². The zero-order chi connectivity index (χ0) is 9.56. The Labute approximate surface area is 90.2 Å². The number of rotatable bonds is 0. The van der Waals surface area contributed by atoms with Crippen LogP contribution in [0.1, 0.15) is 0 Å². The van der Waals surface area contributed by atoms with E-state index in [4.69, 9.17) is 39.6 Å². The van der Waals surface area contributed by atoms with Crippen LogP contribution in [0.15, 0.2) is 18.2 Å². The maximum atomic E-state index is 8.57. The van der Waals surface area contributed by atoms with Gasteiger partial charge in [0, 0.05) is 15.1 Å². The first kappa shape index (κ1) is 12.0. The molecular formula is C7H4Cl4O. The first-order chi connectivity index (χ1) is 5.60. The van der Waals surface area contributed by atoms with Crippen LogP contribution in [0.5, 0.6) is 0 Å². The van der Waals surface area contributed by atoms with E-state index in [-0.39, 0.29) is 5.75 Å². The third kappa shape index (κ3) is 5.67. The zero-order valence-electron chi connectivity index (χ0n) is 5.73. The van der Waals surface area contributed by atoms with Gasteiger partial charge in [0.2, 0.25) is 5.75 Å². The summed E-state index contributed by atoms with van der Waals surface area (Å²) in [5.74, 6) is 0.222. The molecule has 1 nitrogen and oxygen atoms in total. The molecule has 0 radical (unpaired) electrons. The van der Waals surface area contributed by atoms with Crippen molar-refractivity contribution in [3.05, 3.63) is 33.3 Å². The Morgan fingerprint density at radius 2 is 1.08 bits per heavy atom. The number of hydrogen-bond donors (Lipinski definition) is 0. The standard InChI is InChI=1S/C6H3Cl3.CHClO/c7-4-1-5(8)3-6(9)2-4;2-1-3/h1-3H;1H. The first-order valence-corrected chi connectivity index (χ1v) is 4.32. The van der Waals surface area contributed by atoms with E-state index in [0.29, 0.717) is 15.1 Å². The van der Waals surface area contributed by atoms with E-state index >= 15 is 0 Å². The minimum atomic E-state index is 0.222. The van der Waals surface area contributed by atoms with Crippen LogP contribution >= 0.6 is 46.4 Å². The van der Waals surface area contributed by atoms with Crippen LogP contribution in [0, 0.1) is 0 Å². The Kier molecular flexibility index (Phi) is 6.58. The second kappa shape index (κ2) is 6.55. The molecule has 5 heteroatoms. The third-order valence-corrected chi connectivity index (χ3v) is 1.48. The summed E-state index contributed by atoms with van der Waals surface area (Å²) in [7, 11) is 0. The van der Waals surface area contributed by atoms with Crippen LogP contribution in [-0.4, -0.2) is 5.75 Å². The van der Waals surface area contributed by atoms with Gasteiger partial charge < -0.3 is 0 Å². The van der Waals surface area contributed by atoms with Gasteiger partial charge in [-0.05, 0) is 29.8 Å². The Balaban J connectivity index is 0.000000354. The number of carbonyl (C=O) groups is 1. The molecule has 1 aromatic carbocycles. The highest BCUT2D eigenvalue weighted by molar-refractivity contribution is 6.54. The molecule has 0 unspecified atom stereocenters. The van der Waals surface area contributed by atoms with E-state index in [1.165, 1.54) is 0 Å². The molecule has 0 aliphatic carbocycles. The van der Waals surface area contributed by atoms with Gasteiger partial charge in [-0.2, -0.15) is 0 Å². The van der Waals surface area contributed by atoms with Crippen LogP contribution in [-0.2, 0) is 4.79 Å². The van der Waals surface area contributed by atoms with Gasteiger partial charge in [-0.3, -0.25) is 4.79 Å². The molecule has 0 saturated carbocycles. The quantitative estimate of drug-likeness (QED) is 0.498. The molecule has 1 rings (SSSR count). The highest BCUT2D eigenvalue weighted by Crippen LogP contribution is 2.21. The fourth-order valence-electron chi connectivity index (χ4n) is 0.520. The fraction of sp³-hybridized carbons (Fsp3) is 0. The maximum absolute atomic E-state index is 8.57. The van der Waals surface area contributed by atoms with Gasteiger partial charge in [0.25, 0.3) is 0 Å². The lowest BCUT2D eigenvalue weighted by Gasteiger charge is -1.91. The zero-order valence-corrected chi connectivity index (χ0v) is 8.75. The first-order valence-electron chi connectivity index (χ1n) is 2.75. The number of carbonyl (C=O) groups excluding carboxylic acids is 1. The minimum Gasteiger partial charge on any atom is -0.285 e. The van der Waals surface area contributed by atoms with Crippen molar-refractivity contribution in [1.82, 2.24) is 0 Å². The molecule has 0 aliphatic heterocycles. The van der Waals surface area contributed by atoms with Crippen LogP contribution in [0.2, 0.25) is 15.1 Å². The average molecular weight is 246 g/mol. The molecule has 66 valence electrons. The molecule has 0 fully saturated rings. The summed E-state index contributed by atoms with van der Waals surface area (Å²) in [4.78, 5) is 8.57. The van der Waals surface area contributed by atoms with Gasteiger partial charge in [0.1, 0.15) is 0 Å².